The summed E-state index contributed by atoms with van der Waals surface area (Å²) in [7, 11) is 0. The Kier molecular flexibility index (Phi) is 4.53. The van der Waals surface area contributed by atoms with Gasteiger partial charge in [0.25, 0.3) is 11.8 Å². The maximum atomic E-state index is 12.4. The Morgan fingerprint density at radius 3 is 2.96 bits per heavy atom. The Morgan fingerprint density at radius 2 is 2.22 bits per heavy atom. The van der Waals surface area contributed by atoms with Crippen molar-refractivity contribution in [3.63, 3.8) is 0 Å². The van der Waals surface area contributed by atoms with E-state index < -0.39 is 5.97 Å². The molecule has 0 saturated heterocycles. The minimum absolute atomic E-state index is 0.0993. The molecular weight excluding hydrogens is 368 g/mol. The summed E-state index contributed by atoms with van der Waals surface area (Å²) in [4.78, 5) is 13.9. The van der Waals surface area contributed by atoms with Gasteiger partial charge in [0.15, 0.2) is 12.4 Å². The van der Waals surface area contributed by atoms with Crippen LogP contribution in [0, 0.1) is 12.8 Å². The van der Waals surface area contributed by atoms with Gasteiger partial charge in [-0.05, 0) is 31.0 Å². The number of aryl methyl sites for hydroxylation is 1. The number of fused-ring (bicyclic) bond motifs is 1. The van der Waals surface area contributed by atoms with E-state index in [1.165, 1.54) is 17.6 Å². The lowest BCUT2D eigenvalue weighted by Gasteiger charge is -2.04. The number of hydrogen-bond acceptors (Lipinski definition) is 8. The van der Waals surface area contributed by atoms with E-state index in [-0.39, 0.29) is 18.4 Å². The standard InChI is InChI=1S/C18H18N4O4S/c1-10(2)8-22-17-12(11(3)21-22)7-14(27-17)18(23)25-9-15-19-20-16(26-15)13-5-4-6-24-13/h4-7,10H,8-9H2,1-3H3. The van der Waals surface area contributed by atoms with Crippen LogP contribution in [0.4, 0.5) is 0 Å². The van der Waals surface area contributed by atoms with Crippen molar-refractivity contribution >= 4 is 27.5 Å². The lowest BCUT2D eigenvalue weighted by molar-refractivity contribution is 0.0444. The van der Waals surface area contributed by atoms with Crippen molar-refractivity contribution in [1.29, 1.82) is 0 Å². The van der Waals surface area contributed by atoms with Gasteiger partial charge in [0, 0.05) is 11.9 Å². The first-order valence-electron chi connectivity index (χ1n) is 8.51. The molecular formula is C18H18N4O4S. The van der Waals surface area contributed by atoms with E-state index in [0.29, 0.717) is 16.6 Å². The molecule has 140 valence electrons. The van der Waals surface area contributed by atoms with Crippen molar-refractivity contribution in [1.82, 2.24) is 20.0 Å². The predicted molar refractivity (Wildman–Crippen MR) is 98.3 cm³/mol. The van der Waals surface area contributed by atoms with Crippen molar-refractivity contribution < 1.29 is 18.4 Å². The zero-order valence-corrected chi connectivity index (χ0v) is 15.9. The molecule has 0 amide bonds. The molecule has 0 aliphatic carbocycles. The van der Waals surface area contributed by atoms with Crippen molar-refractivity contribution in [3.8, 4) is 11.7 Å². The smallest absolute Gasteiger partial charge is 0.348 e. The summed E-state index contributed by atoms with van der Waals surface area (Å²) in [6, 6.07) is 5.26. The molecule has 0 radical (unpaired) electrons. The maximum Gasteiger partial charge on any atom is 0.348 e. The van der Waals surface area contributed by atoms with Gasteiger partial charge in [-0.1, -0.05) is 13.8 Å². The molecule has 0 aliphatic rings. The molecule has 0 saturated carbocycles. The van der Waals surface area contributed by atoms with Gasteiger partial charge in [-0.15, -0.1) is 21.5 Å². The number of nitrogens with zero attached hydrogens (tertiary/aromatic N) is 4. The van der Waals surface area contributed by atoms with E-state index in [1.807, 2.05) is 17.7 Å². The van der Waals surface area contributed by atoms with Gasteiger partial charge in [0.05, 0.1) is 12.0 Å². The SMILES string of the molecule is Cc1nn(CC(C)C)c2sc(C(=O)OCc3nnc(-c4ccco4)o3)cc12. The fraction of sp³-hybridized carbons (Fsp3) is 0.333. The molecule has 4 aromatic heterocycles. The fourth-order valence-electron chi connectivity index (χ4n) is 2.69. The highest BCUT2D eigenvalue weighted by molar-refractivity contribution is 7.20. The Hall–Kier alpha value is -2.94. The minimum atomic E-state index is -0.426. The fourth-order valence-corrected chi connectivity index (χ4v) is 3.76. The summed E-state index contributed by atoms with van der Waals surface area (Å²) < 4.78 is 17.9. The Balaban J connectivity index is 1.47. The molecule has 0 unspecified atom stereocenters. The zero-order valence-electron chi connectivity index (χ0n) is 15.1. The van der Waals surface area contributed by atoms with Gasteiger partial charge in [0.2, 0.25) is 0 Å². The second kappa shape index (κ2) is 6.99. The normalized spacial score (nSPS) is 11.6. The molecule has 9 heteroatoms. The van der Waals surface area contributed by atoms with Crippen molar-refractivity contribution in [2.75, 3.05) is 0 Å². The second-order valence-electron chi connectivity index (χ2n) is 6.55. The topological polar surface area (TPSA) is 96.2 Å². The molecule has 0 N–H and O–H groups in total. The van der Waals surface area contributed by atoms with Gasteiger partial charge in [-0.3, -0.25) is 4.68 Å². The average Bonchev–Trinajstić information content (AvgIpc) is 3.40. The summed E-state index contributed by atoms with van der Waals surface area (Å²) in [6.07, 6.45) is 1.52. The van der Waals surface area contributed by atoms with E-state index in [4.69, 9.17) is 13.6 Å². The number of thiophene rings is 1. The van der Waals surface area contributed by atoms with Crippen LogP contribution in [0.2, 0.25) is 0 Å². The molecule has 8 nitrogen and oxygen atoms in total. The van der Waals surface area contributed by atoms with Gasteiger partial charge in [-0.25, -0.2) is 4.79 Å². The first-order valence-corrected chi connectivity index (χ1v) is 9.33. The van der Waals surface area contributed by atoms with Crippen LogP contribution in [0.5, 0.6) is 0 Å². The van der Waals surface area contributed by atoms with E-state index in [9.17, 15) is 4.79 Å². The molecule has 0 spiro atoms. The summed E-state index contributed by atoms with van der Waals surface area (Å²) in [5, 5.41) is 13.3. The first kappa shape index (κ1) is 17.5. The Morgan fingerprint density at radius 1 is 1.37 bits per heavy atom. The van der Waals surface area contributed by atoms with E-state index >= 15 is 0 Å². The van der Waals surface area contributed by atoms with Gasteiger partial charge in [-0.2, -0.15) is 5.10 Å². The van der Waals surface area contributed by atoms with Crippen LogP contribution in [0.25, 0.3) is 21.9 Å². The third-order valence-corrected chi connectivity index (χ3v) is 5.00. The molecule has 0 aliphatic heterocycles. The number of carbonyl (C=O) groups is 1. The lowest BCUT2D eigenvalue weighted by atomic mass is 10.2. The van der Waals surface area contributed by atoms with Crippen LogP contribution in [0.1, 0.15) is 35.1 Å². The molecule has 27 heavy (non-hydrogen) atoms. The number of hydrogen-bond donors (Lipinski definition) is 0. The number of aromatic nitrogens is 4. The molecule has 0 bridgehead atoms. The average molecular weight is 386 g/mol. The quantitative estimate of drug-likeness (QED) is 0.461. The number of esters is 1. The van der Waals surface area contributed by atoms with Gasteiger partial charge >= 0.3 is 5.97 Å². The zero-order chi connectivity index (χ0) is 19.0. The van der Waals surface area contributed by atoms with Crippen LogP contribution in [-0.4, -0.2) is 25.9 Å². The van der Waals surface area contributed by atoms with Crippen molar-refractivity contribution in [2.45, 2.75) is 33.9 Å². The van der Waals surface area contributed by atoms with Crippen LogP contribution in [0.15, 0.2) is 33.3 Å². The monoisotopic (exact) mass is 386 g/mol. The number of furan rings is 1. The maximum absolute atomic E-state index is 12.4. The molecule has 0 fully saturated rings. The summed E-state index contributed by atoms with van der Waals surface area (Å²) in [6.45, 7) is 6.91. The number of rotatable bonds is 6. The van der Waals surface area contributed by atoms with Crippen LogP contribution in [-0.2, 0) is 17.9 Å². The predicted octanol–water partition coefficient (Wildman–Crippen LogP) is 4.06. The molecule has 0 atom stereocenters. The van der Waals surface area contributed by atoms with Crippen LogP contribution in [0.3, 0.4) is 0 Å². The van der Waals surface area contributed by atoms with E-state index in [1.54, 1.807) is 12.1 Å². The molecule has 0 aromatic carbocycles. The Labute approximate surface area is 158 Å². The largest absolute Gasteiger partial charge is 0.459 e. The molecule has 4 heterocycles. The molecule has 4 aromatic rings. The highest BCUT2D eigenvalue weighted by atomic mass is 32.1. The highest BCUT2D eigenvalue weighted by Crippen LogP contribution is 2.29. The second-order valence-corrected chi connectivity index (χ2v) is 7.58. The third-order valence-electron chi connectivity index (χ3n) is 3.87. The first-order chi connectivity index (χ1) is 13.0. The lowest BCUT2D eigenvalue weighted by Crippen LogP contribution is -2.06. The highest BCUT2D eigenvalue weighted by Gasteiger charge is 2.19. The van der Waals surface area contributed by atoms with Crippen molar-refractivity contribution in [3.05, 3.63) is 40.9 Å². The molecule has 4 rings (SSSR count). The van der Waals surface area contributed by atoms with Crippen molar-refractivity contribution in [2.24, 2.45) is 5.92 Å². The number of carbonyl (C=O) groups excluding carboxylic acids is 1. The summed E-state index contributed by atoms with van der Waals surface area (Å²) in [5.41, 5.74) is 0.904. The van der Waals surface area contributed by atoms with E-state index in [2.05, 4.69) is 29.1 Å². The Bertz CT molecular complexity index is 1070. The van der Waals surface area contributed by atoms with E-state index in [0.717, 1.165) is 22.5 Å². The van der Waals surface area contributed by atoms with Crippen LogP contribution < -0.4 is 0 Å². The summed E-state index contributed by atoms with van der Waals surface area (Å²) in [5.74, 6) is 0.959. The summed E-state index contributed by atoms with van der Waals surface area (Å²) >= 11 is 1.38. The van der Waals surface area contributed by atoms with Gasteiger partial charge < -0.3 is 13.6 Å². The number of ether oxygens (including phenoxy) is 1. The van der Waals surface area contributed by atoms with Crippen LogP contribution >= 0.6 is 11.3 Å². The third kappa shape index (κ3) is 3.50. The minimum Gasteiger partial charge on any atom is -0.459 e. The van der Waals surface area contributed by atoms with Gasteiger partial charge in [0.1, 0.15) is 9.71 Å².